The third-order valence-electron chi connectivity index (χ3n) is 7.39. The number of benzene rings is 3. The molecule has 44 heavy (non-hydrogen) atoms. The zero-order chi connectivity index (χ0) is 30.9. The van der Waals surface area contributed by atoms with E-state index in [9.17, 15) is 4.79 Å². The van der Waals surface area contributed by atoms with Gasteiger partial charge >= 0.3 is 5.97 Å². The smallest absolute Gasteiger partial charge is 0.344 e. The zero-order valence-corrected chi connectivity index (χ0v) is 26.2. The molecule has 1 atom stereocenters. The van der Waals surface area contributed by atoms with E-state index in [1.807, 2.05) is 13.0 Å². The van der Waals surface area contributed by atoms with Crippen LogP contribution >= 0.6 is 11.3 Å². The summed E-state index contributed by atoms with van der Waals surface area (Å²) in [4.78, 5) is 16.0. The number of thiophene rings is 1. The molecular formula is C37H37NO5S. The molecule has 7 heteroatoms. The highest BCUT2D eigenvalue weighted by Crippen LogP contribution is 2.31. The molecule has 4 aromatic rings. The van der Waals surface area contributed by atoms with E-state index in [1.165, 1.54) is 22.2 Å². The van der Waals surface area contributed by atoms with E-state index in [-0.39, 0.29) is 0 Å². The first-order chi connectivity index (χ1) is 21.4. The van der Waals surface area contributed by atoms with Crippen molar-refractivity contribution in [3.8, 4) is 33.8 Å². The molecule has 5 rings (SSSR count). The fraction of sp³-hybridized carbons (Fsp3) is 0.270. The van der Waals surface area contributed by atoms with Crippen LogP contribution in [0.25, 0.3) is 16.0 Å². The first kappa shape index (κ1) is 31.1. The number of ether oxygens (including phenoxy) is 3. The molecular weight excluding hydrogens is 570 g/mol. The molecule has 0 saturated carbocycles. The maximum absolute atomic E-state index is 11.2. The van der Waals surface area contributed by atoms with Gasteiger partial charge in [-0.2, -0.15) is 0 Å². The molecule has 1 unspecified atom stereocenters. The van der Waals surface area contributed by atoms with Gasteiger partial charge in [-0.25, -0.2) is 4.79 Å². The summed E-state index contributed by atoms with van der Waals surface area (Å²) in [7, 11) is 0. The fourth-order valence-corrected chi connectivity index (χ4v) is 5.73. The first-order valence-corrected chi connectivity index (χ1v) is 15.6. The van der Waals surface area contributed by atoms with Crippen LogP contribution in [0.15, 0.2) is 84.9 Å². The Kier molecular flexibility index (Phi) is 10.5. The first-order valence-electron chi connectivity index (χ1n) is 14.8. The third-order valence-corrected chi connectivity index (χ3v) is 8.44. The van der Waals surface area contributed by atoms with Crippen LogP contribution in [0.2, 0.25) is 0 Å². The highest BCUT2D eigenvalue weighted by molar-refractivity contribution is 7.15. The maximum Gasteiger partial charge on any atom is 0.344 e. The molecule has 0 spiro atoms. The minimum atomic E-state index is -1.01. The number of carboxylic acids is 1. The highest BCUT2D eigenvalue weighted by atomic mass is 32.1. The summed E-state index contributed by atoms with van der Waals surface area (Å²) in [6, 6.07) is 26.7. The van der Waals surface area contributed by atoms with Gasteiger partial charge < -0.3 is 19.3 Å². The summed E-state index contributed by atoms with van der Waals surface area (Å²) >= 11 is 1.79. The second-order valence-corrected chi connectivity index (χ2v) is 12.0. The molecule has 0 bridgehead atoms. The Hall–Kier alpha value is -4.35. The average Bonchev–Trinajstić information content (AvgIpc) is 3.48. The van der Waals surface area contributed by atoms with Crippen LogP contribution in [0, 0.1) is 25.7 Å². The van der Waals surface area contributed by atoms with E-state index in [0.717, 1.165) is 60.7 Å². The monoisotopic (exact) mass is 607 g/mol. The Morgan fingerprint density at radius 3 is 2.34 bits per heavy atom. The number of hydrogen-bond donors (Lipinski definition) is 1. The van der Waals surface area contributed by atoms with Crippen LogP contribution in [-0.4, -0.2) is 61.5 Å². The molecule has 0 radical (unpaired) electrons. The number of morpholine rings is 1. The topological polar surface area (TPSA) is 68.2 Å². The lowest BCUT2D eigenvalue weighted by Gasteiger charge is -2.24. The minimum Gasteiger partial charge on any atom is -0.489 e. The molecule has 1 aliphatic rings. The summed E-state index contributed by atoms with van der Waals surface area (Å²) in [5.41, 5.74) is 6.23. The Bertz CT molecular complexity index is 1650. The lowest BCUT2D eigenvalue weighted by Crippen LogP contribution is -2.36. The van der Waals surface area contributed by atoms with Crippen molar-refractivity contribution in [1.29, 1.82) is 0 Å². The number of nitrogens with zero attached hydrogens (tertiary/aromatic N) is 1. The molecule has 3 aromatic carbocycles. The van der Waals surface area contributed by atoms with Crippen molar-refractivity contribution in [2.45, 2.75) is 26.9 Å². The molecule has 1 N–H and O–H groups in total. The largest absolute Gasteiger partial charge is 0.489 e. The van der Waals surface area contributed by atoms with Crippen LogP contribution in [0.1, 0.15) is 34.1 Å². The Labute approximate surface area is 263 Å². The maximum atomic E-state index is 11.2. The van der Waals surface area contributed by atoms with Crippen LogP contribution < -0.4 is 9.47 Å². The van der Waals surface area contributed by atoms with Gasteiger partial charge in [0.05, 0.1) is 19.8 Å². The van der Waals surface area contributed by atoms with Gasteiger partial charge in [-0.3, -0.25) is 4.90 Å². The molecule has 1 aromatic heterocycles. The van der Waals surface area contributed by atoms with Gasteiger partial charge in [-0.1, -0.05) is 48.2 Å². The van der Waals surface area contributed by atoms with Crippen molar-refractivity contribution in [3.63, 3.8) is 0 Å². The number of carboxylic acid groups (broad SMARTS) is 1. The van der Waals surface area contributed by atoms with Crippen molar-refractivity contribution >= 4 is 22.9 Å². The summed E-state index contributed by atoms with van der Waals surface area (Å²) in [6.07, 6.45) is 1.17. The average molecular weight is 608 g/mol. The second kappa shape index (κ2) is 14.9. The summed E-state index contributed by atoms with van der Waals surface area (Å²) < 4.78 is 17.1. The van der Waals surface area contributed by atoms with Gasteiger partial charge in [-0.15, -0.1) is 11.3 Å². The van der Waals surface area contributed by atoms with Crippen LogP contribution in [0.5, 0.6) is 11.5 Å². The minimum absolute atomic E-state index is 0.355. The van der Waals surface area contributed by atoms with Gasteiger partial charge in [0, 0.05) is 28.4 Å². The summed E-state index contributed by atoms with van der Waals surface area (Å²) in [6.45, 7) is 10.0. The molecule has 6 nitrogen and oxygen atoms in total. The van der Waals surface area contributed by atoms with E-state index in [1.54, 1.807) is 23.5 Å². The predicted octanol–water partition coefficient (Wildman–Crippen LogP) is 7.08. The molecule has 1 saturated heterocycles. The SMILES string of the molecule is Cc1ccc(-c2ccc(C(=CCOc3ccc(OC(C)C(=O)O)c(C)c3)c3ccc(C#CCN4CCOCC4)cc3)cc2)s1. The van der Waals surface area contributed by atoms with Gasteiger partial charge in [0.1, 0.15) is 18.1 Å². The van der Waals surface area contributed by atoms with Crippen molar-refractivity contribution < 1.29 is 24.1 Å². The molecule has 2 heterocycles. The highest BCUT2D eigenvalue weighted by Gasteiger charge is 2.14. The normalized spacial score (nSPS) is 14.4. The van der Waals surface area contributed by atoms with Gasteiger partial charge in [-0.05, 0) is 97.1 Å². The second-order valence-electron chi connectivity index (χ2n) is 10.7. The van der Waals surface area contributed by atoms with Gasteiger partial charge in [0.25, 0.3) is 0 Å². The van der Waals surface area contributed by atoms with Crippen LogP contribution in [0.3, 0.4) is 0 Å². The number of aliphatic carboxylic acids is 1. The van der Waals surface area contributed by atoms with Crippen LogP contribution in [0.4, 0.5) is 0 Å². The van der Waals surface area contributed by atoms with Crippen molar-refractivity contribution in [2.24, 2.45) is 0 Å². The van der Waals surface area contributed by atoms with E-state index in [0.29, 0.717) is 18.1 Å². The van der Waals surface area contributed by atoms with Crippen LogP contribution in [-0.2, 0) is 9.53 Å². The van der Waals surface area contributed by atoms with E-state index in [2.05, 4.69) is 90.4 Å². The Morgan fingerprint density at radius 1 is 1.00 bits per heavy atom. The number of carbonyl (C=O) groups is 1. The standard InChI is InChI=1S/C37H37NO5S/c1-26-25-33(15-16-35(26)43-28(3)37(39)40)42-22-18-34(31-11-13-32(14-12-31)36-17-6-27(2)44-36)30-9-7-29(8-10-30)5-4-19-38-20-23-41-24-21-38/h6-18,25,28H,19-24H2,1-3H3,(H,39,40). The van der Waals surface area contributed by atoms with Crippen molar-refractivity contribution in [3.05, 3.63) is 112 Å². The van der Waals surface area contributed by atoms with Gasteiger partial charge in [0.15, 0.2) is 6.10 Å². The lowest BCUT2D eigenvalue weighted by molar-refractivity contribution is -0.144. The molecule has 0 aliphatic carbocycles. The summed E-state index contributed by atoms with van der Waals surface area (Å²) in [5, 5.41) is 9.15. The predicted molar refractivity (Wildman–Crippen MR) is 177 cm³/mol. The van der Waals surface area contributed by atoms with E-state index >= 15 is 0 Å². The molecule has 1 aliphatic heterocycles. The third kappa shape index (κ3) is 8.39. The number of rotatable bonds is 10. The van der Waals surface area contributed by atoms with Crippen molar-refractivity contribution in [2.75, 3.05) is 39.5 Å². The molecule has 1 fully saturated rings. The fourth-order valence-electron chi connectivity index (χ4n) is 4.86. The summed E-state index contributed by atoms with van der Waals surface area (Å²) in [5.74, 6) is 6.80. The van der Waals surface area contributed by atoms with E-state index in [4.69, 9.17) is 19.3 Å². The quantitative estimate of drug-likeness (QED) is 0.194. The molecule has 0 amide bonds. The number of aryl methyl sites for hydroxylation is 2. The van der Waals surface area contributed by atoms with Gasteiger partial charge in [0.2, 0.25) is 0 Å². The molecule has 226 valence electrons. The van der Waals surface area contributed by atoms with E-state index < -0.39 is 12.1 Å². The van der Waals surface area contributed by atoms with Crippen molar-refractivity contribution in [1.82, 2.24) is 4.90 Å². The zero-order valence-electron chi connectivity index (χ0n) is 25.3. The number of hydrogen-bond acceptors (Lipinski definition) is 6. The Balaban J connectivity index is 1.34. The lowest BCUT2D eigenvalue weighted by atomic mass is 9.95. The Morgan fingerprint density at radius 2 is 1.70 bits per heavy atom.